The Morgan fingerprint density at radius 3 is 3.00 bits per heavy atom. The van der Waals surface area contributed by atoms with Gasteiger partial charge < -0.3 is 19.9 Å². The molecule has 1 heterocycles. The van der Waals surface area contributed by atoms with Crippen LogP contribution in [0.25, 0.3) is 0 Å². The molecule has 6 heteroatoms. The Kier molecular flexibility index (Phi) is 5.98. The molecule has 0 aliphatic carbocycles. The summed E-state index contributed by atoms with van der Waals surface area (Å²) in [6.07, 6.45) is 2.86. The molecule has 0 radical (unpaired) electrons. The summed E-state index contributed by atoms with van der Waals surface area (Å²) in [6.45, 7) is 2.11. The third-order valence-electron chi connectivity index (χ3n) is 2.05. The van der Waals surface area contributed by atoms with Gasteiger partial charge in [-0.2, -0.15) is 0 Å². The Morgan fingerprint density at radius 1 is 1.47 bits per heavy atom. The van der Waals surface area contributed by atoms with Gasteiger partial charge in [-0.25, -0.2) is 4.79 Å². The molecule has 0 fully saturated rings. The number of rotatable bonds is 8. The Labute approximate surface area is 99.6 Å². The number of hydrogen-bond donors (Lipinski definition) is 2. The summed E-state index contributed by atoms with van der Waals surface area (Å²) in [7, 11) is 1.61. The molecule has 0 aromatic carbocycles. The average Bonchev–Trinajstić information content (AvgIpc) is 2.34. The molecule has 0 spiro atoms. The van der Waals surface area contributed by atoms with Gasteiger partial charge in [-0.3, -0.25) is 4.98 Å². The SMILES string of the molecule is COCCOCCNc1ccncc1C(=O)O. The van der Waals surface area contributed by atoms with Crippen LogP contribution < -0.4 is 5.32 Å². The van der Waals surface area contributed by atoms with Crippen molar-refractivity contribution in [2.45, 2.75) is 0 Å². The molecule has 0 saturated carbocycles. The highest BCUT2D eigenvalue weighted by molar-refractivity contribution is 5.93. The van der Waals surface area contributed by atoms with Crippen LogP contribution in [0.5, 0.6) is 0 Å². The molecule has 0 unspecified atom stereocenters. The zero-order valence-electron chi connectivity index (χ0n) is 9.68. The van der Waals surface area contributed by atoms with Gasteiger partial charge in [-0.1, -0.05) is 0 Å². The van der Waals surface area contributed by atoms with Gasteiger partial charge in [0.25, 0.3) is 0 Å². The zero-order valence-corrected chi connectivity index (χ0v) is 9.68. The lowest BCUT2D eigenvalue weighted by atomic mass is 10.2. The lowest BCUT2D eigenvalue weighted by molar-refractivity contribution is 0.0696. The summed E-state index contributed by atoms with van der Waals surface area (Å²) in [4.78, 5) is 14.6. The topological polar surface area (TPSA) is 80.7 Å². The maximum atomic E-state index is 10.9. The molecular formula is C11H16N2O4. The maximum absolute atomic E-state index is 10.9. The Bertz CT molecular complexity index is 357. The Morgan fingerprint density at radius 2 is 2.29 bits per heavy atom. The summed E-state index contributed by atoms with van der Waals surface area (Å²) in [5.41, 5.74) is 0.701. The van der Waals surface area contributed by atoms with Crippen molar-refractivity contribution in [3.8, 4) is 0 Å². The number of carbonyl (C=O) groups is 1. The van der Waals surface area contributed by atoms with Gasteiger partial charge in [0.2, 0.25) is 0 Å². The lowest BCUT2D eigenvalue weighted by Crippen LogP contribution is -2.14. The molecule has 94 valence electrons. The molecule has 0 bridgehead atoms. The monoisotopic (exact) mass is 240 g/mol. The predicted octanol–water partition coefficient (Wildman–Crippen LogP) is 0.855. The molecule has 17 heavy (non-hydrogen) atoms. The summed E-state index contributed by atoms with van der Waals surface area (Å²) in [6, 6.07) is 1.62. The fourth-order valence-electron chi connectivity index (χ4n) is 1.22. The van der Waals surface area contributed by atoms with E-state index in [1.165, 1.54) is 6.20 Å². The first kappa shape index (κ1) is 13.4. The predicted molar refractivity (Wildman–Crippen MR) is 62.4 cm³/mol. The molecule has 0 atom stereocenters. The number of methoxy groups -OCH3 is 1. The van der Waals surface area contributed by atoms with E-state index in [0.29, 0.717) is 32.1 Å². The fraction of sp³-hybridized carbons (Fsp3) is 0.455. The largest absolute Gasteiger partial charge is 0.478 e. The number of nitrogens with zero attached hydrogens (tertiary/aromatic N) is 1. The normalized spacial score (nSPS) is 10.2. The van der Waals surface area contributed by atoms with Crippen molar-refractivity contribution < 1.29 is 19.4 Å². The van der Waals surface area contributed by atoms with E-state index < -0.39 is 5.97 Å². The molecule has 1 rings (SSSR count). The van der Waals surface area contributed by atoms with E-state index in [9.17, 15) is 4.79 Å². The highest BCUT2D eigenvalue weighted by Crippen LogP contribution is 2.12. The molecule has 0 aliphatic heterocycles. The van der Waals surface area contributed by atoms with Crippen molar-refractivity contribution in [3.63, 3.8) is 0 Å². The Hall–Kier alpha value is -1.66. The standard InChI is InChI=1S/C11H16N2O4/c1-16-6-7-17-5-4-13-10-2-3-12-8-9(10)11(14)15/h2-3,8H,4-7H2,1H3,(H,12,13)(H,14,15). The average molecular weight is 240 g/mol. The number of aromatic nitrogens is 1. The first-order valence-corrected chi connectivity index (χ1v) is 5.23. The van der Waals surface area contributed by atoms with Crippen LogP contribution in [0.4, 0.5) is 5.69 Å². The second-order valence-corrected chi connectivity index (χ2v) is 3.26. The molecule has 0 amide bonds. The van der Waals surface area contributed by atoms with Crippen LogP contribution in [0, 0.1) is 0 Å². The van der Waals surface area contributed by atoms with Crippen LogP contribution in [0.15, 0.2) is 18.5 Å². The molecule has 0 saturated heterocycles. The van der Waals surface area contributed by atoms with Gasteiger partial charge in [0.15, 0.2) is 0 Å². The minimum Gasteiger partial charge on any atom is -0.478 e. The smallest absolute Gasteiger partial charge is 0.339 e. The fourth-order valence-corrected chi connectivity index (χ4v) is 1.22. The maximum Gasteiger partial charge on any atom is 0.339 e. The summed E-state index contributed by atoms with van der Waals surface area (Å²) in [5.74, 6) is -0.999. The summed E-state index contributed by atoms with van der Waals surface area (Å²) >= 11 is 0. The van der Waals surface area contributed by atoms with E-state index in [1.54, 1.807) is 19.4 Å². The van der Waals surface area contributed by atoms with Gasteiger partial charge in [-0.05, 0) is 6.07 Å². The van der Waals surface area contributed by atoms with E-state index in [-0.39, 0.29) is 5.56 Å². The van der Waals surface area contributed by atoms with Crippen molar-refractivity contribution in [2.75, 3.05) is 38.8 Å². The van der Waals surface area contributed by atoms with Crippen LogP contribution in [-0.2, 0) is 9.47 Å². The second kappa shape index (κ2) is 7.59. The van der Waals surface area contributed by atoms with Crippen molar-refractivity contribution in [2.24, 2.45) is 0 Å². The molecule has 1 aromatic heterocycles. The van der Waals surface area contributed by atoms with Gasteiger partial charge >= 0.3 is 5.97 Å². The van der Waals surface area contributed by atoms with Gasteiger partial charge in [-0.15, -0.1) is 0 Å². The minimum absolute atomic E-state index is 0.157. The van der Waals surface area contributed by atoms with E-state index in [1.807, 2.05) is 0 Å². The van der Waals surface area contributed by atoms with Crippen LogP contribution in [0.3, 0.4) is 0 Å². The van der Waals surface area contributed by atoms with Crippen LogP contribution in [-0.4, -0.2) is 49.5 Å². The Balaban J connectivity index is 2.34. The number of pyridine rings is 1. The third kappa shape index (κ3) is 4.80. The van der Waals surface area contributed by atoms with Crippen molar-refractivity contribution in [1.29, 1.82) is 0 Å². The van der Waals surface area contributed by atoms with Gasteiger partial charge in [0, 0.05) is 26.0 Å². The minimum atomic E-state index is -0.999. The third-order valence-corrected chi connectivity index (χ3v) is 2.05. The van der Waals surface area contributed by atoms with Crippen LogP contribution in [0.2, 0.25) is 0 Å². The number of hydrogen-bond acceptors (Lipinski definition) is 5. The highest BCUT2D eigenvalue weighted by Gasteiger charge is 2.08. The number of carboxylic acid groups (broad SMARTS) is 1. The van der Waals surface area contributed by atoms with Crippen molar-refractivity contribution in [1.82, 2.24) is 4.98 Å². The number of carboxylic acids is 1. The number of aromatic carboxylic acids is 1. The summed E-state index contributed by atoms with van der Waals surface area (Å²) in [5, 5.41) is 11.9. The van der Waals surface area contributed by atoms with Crippen molar-refractivity contribution >= 4 is 11.7 Å². The van der Waals surface area contributed by atoms with E-state index in [4.69, 9.17) is 14.6 Å². The van der Waals surface area contributed by atoms with E-state index in [0.717, 1.165) is 0 Å². The first-order valence-electron chi connectivity index (χ1n) is 5.23. The van der Waals surface area contributed by atoms with E-state index in [2.05, 4.69) is 10.3 Å². The highest BCUT2D eigenvalue weighted by atomic mass is 16.5. The number of nitrogens with one attached hydrogen (secondary N) is 1. The number of ether oxygens (including phenoxy) is 2. The van der Waals surface area contributed by atoms with Crippen molar-refractivity contribution in [3.05, 3.63) is 24.0 Å². The van der Waals surface area contributed by atoms with Crippen LogP contribution in [0.1, 0.15) is 10.4 Å². The quantitative estimate of drug-likeness (QED) is 0.656. The molecular weight excluding hydrogens is 224 g/mol. The molecule has 0 aliphatic rings. The first-order chi connectivity index (χ1) is 8.25. The second-order valence-electron chi connectivity index (χ2n) is 3.26. The molecule has 2 N–H and O–H groups in total. The van der Waals surface area contributed by atoms with Crippen LogP contribution >= 0.6 is 0 Å². The molecule has 1 aromatic rings. The zero-order chi connectivity index (χ0) is 12.5. The number of anilines is 1. The lowest BCUT2D eigenvalue weighted by Gasteiger charge is -2.09. The van der Waals surface area contributed by atoms with Gasteiger partial charge in [0.1, 0.15) is 5.56 Å². The molecule has 6 nitrogen and oxygen atoms in total. The van der Waals surface area contributed by atoms with Gasteiger partial charge in [0.05, 0.1) is 25.5 Å². The van der Waals surface area contributed by atoms with E-state index >= 15 is 0 Å². The summed E-state index contributed by atoms with van der Waals surface area (Å²) < 4.78 is 10.1.